The SMILES string of the molecule is CCCCC/C=C/CC/C=C/C(O)C(CO)NC(=O)C(O)CCCCCCCC/C=C\CCCCCCCCCCCC. The van der Waals surface area contributed by atoms with E-state index in [2.05, 4.69) is 43.5 Å². The number of unbranched alkanes of at least 4 members (excludes halogenated alkanes) is 20. The Labute approximate surface area is 266 Å². The Bertz CT molecular complexity index is 675. The molecule has 0 fully saturated rings. The van der Waals surface area contributed by atoms with Gasteiger partial charge in [-0.3, -0.25) is 4.79 Å². The molecular formula is C38H71NO4. The van der Waals surface area contributed by atoms with Gasteiger partial charge in [0.25, 0.3) is 0 Å². The average Bonchev–Trinajstić information content (AvgIpc) is 3.01. The second-order valence-electron chi connectivity index (χ2n) is 12.4. The Morgan fingerprint density at radius 2 is 0.953 bits per heavy atom. The number of carbonyl (C=O) groups excluding carboxylic acids is 1. The molecule has 0 rings (SSSR count). The molecule has 3 unspecified atom stereocenters. The van der Waals surface area contributed by atoms with Crippen LogP contribution in [0.25, 0.3) is 0 Å². The van der Waals surface area contributed by atoms with Crippen molar-refractivity contribution in [3.8, 4) is 0 Å². The smallest absolute Gasteiger partial charge is 0.249 e. The highest BCUT2D eigenvalue weighted by Crippen LogP contribution is 2.13. The normalized spacial score (nSPS) is 14.3. The molecule has 0 aromatic rings. The quantitative estimate of drug-likeness (QED) is 0.0454. The van der Waals surface area contributed by atoms with Crippen LogP contribution in [0.2, 0.25) is 0 Å². The van der Waals surface area contributed by atoms with E-state index in [-0.39, 0.29) is 6.61 Å². The summed E-state index contributed by atoms with van der Waals surface area (Å²) in [6.45, 7) is 4.10. The van der Waals surface area contributed by atoms with Crippen molar-refractivity contribution in [3.63, 3.8) is 0 Å². The minimum atomic E-state index is -1.11. The number of hydrogen-bond donors (Lipinski definition) is 4. The van der Waals surface area contributed by atoms with Crippen molar-refractivity contribution in [1.82, 2.24) is 5.32 Å². The van der Waals surface area contributed by atoms with Crippen molar-refractivity contribution in [2.45, 2.75) is 193 Å². The second-order valence-corrected chi connectivity index (χ2v) is 12.4. The molecule has 0 bridgehead atoms. The third-order valence-corrected chi connectivity index (χ3v) is 8.20. The molecule has 5 heteroatoms. The number of hydrogen-bond acceptors (Lipinski definition) is 4. The number of amides is 1. The van der Waals surface area contributed by atoms with Crippen molar-refractivity contribution in [1.29, 1.82) is 0 Å². The summed E-state index contributed by atoms with van der Waals surface area (Å²) in [5.74, 6) is -0.522. The van der Waals surface area contributed by atoms with E-state index in [0.29, 0.717) is 6.42 Å². The van der Waals surface area contributed by atoms with Crippen LogP contribution in [0.4, 0.5) is 0 Å². The predicted octanol–water partition coefficient (Wildman–Crippen LogP) is 9.65. The Morgan fingerprint density at radius 1 is 0.558 bits per heavy atom. The lowest BCUT2D eigenvalue weighted by atomic mass is 10.0. The lowest BCUT2D eigenvalue weighted by Crippen LogP contribution is -2.48. The highest BCUT2D eigenvalue weighted by molar-refractivity contribution is 5.80. The zero-order valence-corrected chi connectivity index (χ0v) is 28.3. The van der Waals surface area contributed by atoms with Gasteiger partial charge in [-0.15, -0.1) is 0 Å². The summed E-state index contributed by atoms with van der Waals surface area (Å²) < 4.78 is 0. The highest BCUT2D eigenvalue weighted by Gasteiger charge is 2.22. The Hall–Kier alpha value is -1.43. The van der Waals surface area contributed by atoms with Gasteiger partial charge in [0.2, 0.25) is 5.91 Å². The van der Waals surface area contributed by atoms with Gasteiger partial charge < -0.3 is 20.6 Å². The van der Waals surface area contributed by atoms with E-state index in [1.54, 1.807) is 6.08 Å². The molecule has 43 heavy (non-hydrogen) atoms. The van der Waals surface area contributed by atoms with Crippen LogP contribution in [-0.4, -0.2) is 46.1 Å². The number of allylic oxidation sites excluding steroid dienone is 5. The molecule has 1 amide bonds. The van der Waals surface area contributed by atoms with Gasteiger partial charge in [-0.05, 0) is 57.8 Å². The molecule has 0 aromatic carbocycles. The zero-order valence-electron chi connectivity index (χ0n) is 28.3. The second kappa shape index (κ2) is 33.5. The van der Waals surface area contributed by atoms with Gasteiger partial charge in [0.05, 0.1) is 18.8 Å². The Balaban J connectivity index is 3.71. The topological polar surface area (TPSA) is 89.8 Å². The van der Waals surface area contributed by atoms with E-state index in [0.717, 1.165) is 38.5 Å². The van der Waals surface area contributed by atoms with Crippen LogP contribution in [0.5, 0.6) is 0 Å². The largest absolute Gasteiger partial charge is 0.394 e. The van der Waals surface area contributed by atoms with Gasteiger partial charge in [-0.2, -0.15) is 0 Å². The van der Waals surface area contributed by atoms with Gasteiger partial charge >= 0.3 is 0 Å². The summed E-state index contributed by atoms with van der Waals surface area (Å²) in [5, 5.41) is 32.8. The summed E-state index contributed by atoms with van der Waals surface area (Å²) in [7, 11) is 0. The maximum Gasteiger partial charge on any atom is 0.249 e. The first-order valence-electron chi connectivity index (χ1n) is 18.3. The van der Waals surface area contributed by atoms with Crippen molar-refractivity contribution < 1.29 is 20.1 Å². The number of nitrogens with one attached hydrogen (secondary N) is 1. The first-order valence-corrected chi connectivity index (χ1v) is 18.3. The molecule has 3 atom stereocenters. The standard InChI is InChI=1S/C38H71NO4/c1-3-5-7-9-11-13-14-15-16-17-18-19-20-21-22-23-25-27-29-31-33-37(42)38(43)39-35(34-40)36(41)32-30-28-26-24-12-10-8-6-4-2/h12,19-20,24,30,32,35-37,40-42H,3-11,13-18,21-23,25-29,31,33-34H2,1-2H3,(H,39,43)/b20-19-,24-12+,32-30+. The molecule has 0 aliphatic heterocycles. The van der Waals surface area contributed by atoms with Crippen LogP contribution in [0.1, 0.15) is 174 Å². The van der Waals surface area contributed by atoms with Gasteiger partial charge in [0, 0.05) is 0 Å². The number of carbonyl (C=O) groups is 1. The molecule has 0 aromatic heterocycles. The van der Waals surface area contributed by atoms with Crippen LogP contribution < -0.4 is 5.32 Å². The maximum atomic E-state index is 12.3. The average molecular weight is 606 g/mol. The predicted molar refractivity (Wildman–Crippen MR) is 185 cm³/mol. The molecular weight excluding hydrogens is 534 g/mol. The molecule has 0 radical (unpaired) electrons. The van der Waals surface area contributed by atoms with E-state index in [1.807, 2.05) is 6.08 Å². The van der Waals surface area contributed by atoms with E-state index in [4.69, 9.17) is 0 Å². The van der Waals surface area contributed by atoms with E-state index in [1.165, 1.54) is 116 Å². The first kappa shape index (κ1) is 41.6. The van der Waals surface area contributed by atoms with Gasteiger partial charge in [-0.25, -0.2) is 0 Å². The molecule has 0 saturated carbocycles. The van der Waals surface area contributed by atoms with Gasteiger partial charge in [0.15, 0.2) is 0 Å². The first-order chi connectivity index (χ1) is 21.1. The van der Waals surface area contributed by atoms with Crippen molar-refractivity contribution in [2.24, 2.45) is 0 Å². The number of rotatable bonds is 32. The maximum absolute atomic E-state index is 12.3. The highest BCUT2D eigenvalue weighted by atomic mass is 16.3. The van der Waals surface area contributed by atoms with Crippen LogP contribution in [0.15, 0.2) is 36.5 Å². The zero-order chi connectivity index (χ0) is 31.6. The lowest BCUT2D eigenvalue weighted by Gasteiger charge is -2.21. The van der Waals surface area contributed by atoms with Gasteiger partial charge in [0.1, 0.15) is 6.10 Å². The fourth-order valence-electron chi connectivity index (χ4n) is 5.25. The molecule has 4 N–H and O–H groups in total. The summed E-state index contributed by atoms with van der Waals surface area (Å²) in [5.41, 5.74) is 0. The molecule has 0 aliphatic carbocycles. The Kier molecular flexibility index (Phi) is 32.3. The number of aliphatic hydroxyl groups excluding tert-OH is 3. The third kappa shape index (κ3) is 29.1. The van der Waals surface area contributed by atoms with Crippen LogP contribution in [0.3, 0.4) is 0 Å². The van der Waals surface area contributed by atoms with Crippen LogP contribution in [0, 0.1) is 0 Å². The van der Waals surface area contributed by atoms with Crippen molar-refractivity contribution >= 4 is 5.91 Å². The van der Waals surface area contributed by atoms with E-state index in [9.17, 15) is 20.1 Å². The van der Waals surface area contributed by atoms with E-state index >= 15 is 0 Å². The third-order valence-electron chi connectivity index (χ3n) is 8.20. The number of aliphatic hydroxyl groups is 3. The monoisotopic (exact) mass is 606 g/mol. The fraction of sp³-hybridized carbons (Fsp3) is 0.816. The fourth-order valence-corrected chi connectivity index (χ4v) is 5.25. The van der Waals surface area contributed by atoms with Crippen LogP contribution in [-0.2, 0) is 4.79 Å². The summed E-state index contributed by atoms with van der Waals surface area (Å²) in [6, 6.07) is -0.813. The van der Waals surface area contributed by atoms with Crippen molar-refractivity contribution in [2.75, 3.05) is 6.61 Å². The minimum Gasteiger partial charge on any atom is -0.394 e. The molecule has 252 valence electrons. The molecule has 0 heterocycles. The summed E-state index contributed by atoms with van der Waals surface area (Å²) in [6.07, 6.45) is 40.3. The van der Waals surface area contributed by atoms with Gasteiger partial charge in [-0.1, -0.05) is 153 Å². The summed E-state index contributed by atoms with van der Waals surface area (Å²) in [4.78, 5) is 12.3. The molecule has 0 aliphatic rings. The molecule has 5 nitrogen and oxygen atoms in total. The van der Waals surface area contributed by atoms with Crippen molar-refractivity contribution in [3.05, 3.63) is 36.5 Å². The van der Waals surface area contributed by atoms with Crippen LogP contribution >= 0.6 is 0 Å². The summed E-state index contributed by atoms with van der Waals surface area (Å²) >= 11 is 0. The Morgan fingerprint density at radius 3 is 1.47 bits per heavy atom. The van der Waals surface area contributed by atoms with E-state index < -0.39 is 24.2 Å². The molecule has 0 spiro atoms. The molecule has 0 saturated heterocycles. The minimum absolute atomic E-state index is 0.379. The lowest BCUT2D eigenvalue weighted by molar-refractivity contribution is -0.131.